The van der Waals surface area contributed by atoms with Crippen molar-refractivity contribution in [3.8, 4) is 0 Å². The van der Waals surface area contributed by atoms with Crippen LogP contribution >= 0.6 is 0 Å². The molecule has 6 heteroatoms. The van der Waals surface area contributed by atoms with Crippen LogP contribution in [0.1, 0.15) is 19.3 Å². The lowest BCUT2D eigenvalue weighted by Crippen LogP contribution is -2.51. The zero-order valence-corrected chi connectivity index (χ0v) is 10.2. The number of carbonyl (C=O) groups excluding carboxylic acids is 1. The number of aromatic nitrogens is 2. The second kappa shape index (κ2) is 3.48. The molecule has 1 aliphatic carbocycles. The molecule has 4 rings (SSSR count). The van der Waals surface area contributed by atoms with Gasteiger partial charge in [-0.25, -0.2) is 4.98 Å². The van der Waals surface area contributed by atoms with Crippen molar-refractivity contribution >= 4 is 28.3 Å². The van der Waals surface area contributed by atoms with Crippen molar-refractivity contribution in [1.82, 2.24) is 9.97 Å². The molecule has 0 saturated heterocycles. The van der Waals surface area contributed by atoms with Crippen LogP contribution in [-0.4, -0.2) is 32.6 Å². The molecular weight excluding hydrogens is 244 g/mol. The number of hydrogen-bond donors (Lipinski definition) is 4. The zero-order valence-electron chi connectivity index (χ0n) is 10.2. The summed E-state index contributed by atoms with van der Waals surface area (Å²) in [6, 6.07) is 1.94. The third-order valence-electron chi connectivity index (χ3n) is 4.12. The lowest BCUT2D eigenvalue weighted by Gasteiger charge is -2.35. The predicted octanol–water partition coefficient (Wildman–Crippen LogP) is 1.21. The highest BCUT2D eigenvalue weighted by molar-refractivity contribution is 6.11. The minimum Gasteiger partial charge on any atom is -0.393 e. The fourth-order valence-corrected chi connectivity index (χ4v) is 3.11. The smallest absolute Gasteiger partial charge is 0.250 e. The highest BCUT2D eigenvalue weighted by atomic mass is 16.3. The van der Waals surface area contributed by atoms with E-state index in [1.807, 2.05) is 12.3 Å². The van der Waals surface area contributed by atoms with Gasteiger partial charge in [-0.05, 0) is 18.9 Å². The van der Waals surface area contributed by atoms with Gasteiger partial charge < -0.3 is 20.7 Å². The van der Waals surface area contributed by atoms with Gasteiger partial charge in [-0.3, -0.25) is 4.79 Å². The summed E-state index contributed by atoms with van der Waals surface area (Å²) in [4.78, 5) is 19.6. The average Bonchev–Trinajstić information content (AvgIpc) is 2.99. The summed E-state index contributed by atoms with van der Waals surface area (Å²) >= 11 is 0. The molecule has 1 saturated carbocycles. The topological polar surface area (TPSA) is 90.0 Å². The number of carbonyl (C=O) groups is 1. The minimum absolute atomic E-state index is 0.0757. The Kier molecular flexibility index (Phi) is 1.98. The number of anilines is 2. The fraction of sp³-hybridized carbons (Fsp3) is 0.385. The number of aliphatic hydroxyl groups is 1. The summed E-state index contributed by atoms with van der Waals surface area (Å²) in [5, 5.41) is 17.0. The largest absolute Gasteiger partial charge is 0.393 e. The van der Waals surface area contributed by atoms with E-state index in [9.17, 15) is 9.90 Å². The first-order valence-electron chi connectivity index (χ1n) is 6.42. The Morgan fingerprint density at radius 2 is 2.37 bits per heavy atom. The van der Waals surface area contributed by atoms with Crippen LogP contribution in [0.3, 0.4) is 0 Å². The normalized spacial score (nSPS) is 29.3. The molecular formula is C13H14N4O2. The van der Waals surface area contributed by atoms with Crippen molar-refractivity contribution in [1.29, 1.82) is 0 Å². The minimum atomic E-state index is -0.683. The summed E-state index contributed by atoms with van der Waals surface area (Å²) in [5.74, 6) is -0.0757. The monoisotopic (exact) mass is 258 g/mol. The van der Waals surface area contributed by atoms with Crippen LogP contribution in [0.5, 0.6) is 0 Å². The standard InChI is InChI=1S/C13H14N4O2/c18-7-1-3-13(5-7)12(19)16-9-6-15-11-8(2-4-14-11)10(9)17-13/h2,4,6-7,17-18H,1,3,5H2,(H,14,15)(H,16,19). The van der Waals surface area contributed by atoms with Crippen LogP contribution in [0.4, 0.5) is 11.4 Å². The van der Waals surface area contributed by atoms with Crippen molar-refractivity contribution in [3.05, 3.63) is 18.5 Å². The van der Waals surface area contributed by atoms with Crippen molar-refractivity contribution < 1.29 is 9.90 Å². The molecule has 2 aromatic heterocycles. The SMILES string of the molecule is O=C1Nc2cnc3[nH]ccc3c2NC12CCC(O)C2. The first kappa shape index (κ1) is 10.8. The van der Waals surface area contributed by atoms with Crippen molar-refractivity contribution in [2.75, 3.05) is 10.6 Å². The van der Waals surface area contributed by atoms with Gasteiger partial charge in [-0.2, -0.15) is 0 Å². The Hall–Kier alpha value is -2.08. The summed E-state index contributed by atoms with van der Waals surface area (Å²) in [6.07, 6.45) is 4.81. The number of H-pyrrole nitrogens is 1. The van der Waals surface area contributed by atoms with Gasteiger partial charge in [0.15, 0.2) is 0 Å². The lowest BCUT2D eigenvalue weighted by molar-refractivity contribution is -0.120. The second-order valence-electron chi connectivity index (χ2n) is 5.34. The molecule has 1 fully saturated rings. The quantitative estimate of drug-likeness (QED) is 0.571. The number of nitrogens with zero attached hydrogens (tertiary/aromatic N) is 1. The number of nitrogens with one attached hydrogen (secondary N) is 3. The summed E-state index contributed by atoms with van der Waals surface area (Å²) < 4.78 is 0. The van der Waals surface area contributed by atoms with E-state index < -0.39 is 11.6 Å². The number of aliphatic hydroxyl groups excluding tert-OH is 1. The van der Waals surface area contributed by atoms with Crippen LogP contribution in [0, 0.1) is 0 Å². The van der Waals surface area contributed by atoms with Gasteiger partial charge in [0.1, 0.15) is 11.2 Å². The second-order valence-corrected chi connectivity index (χ2v) is 5.34. The Balaban J connectivity index is 1.87. The fourth-order valence-electron chi connectivity index (χ4n) is 3.11. The zero-order chi connectivity index (χ0) is 13.0. The van der Waals surface area contributed by atoms with E-state index in [-0.39, 0.29) is 5.91 Å². The predicted molar refractivity (Wildman–Crippen MR) is 70.9 cm³/mol. The molecule has 2 unspecified atom stereocenters. The summed E-state index contributed by atoms with van der Waals surface area (Å²) in [7, 11) is 0. The Labute approximate surface area is 109 Å². The van der Waals surface area contributed by atoms with Gasteiger partial charge in [0, 0.05) is 18.0 Å². The molecule has 0 bridgehead atoms. The molecule has 2 aliphatic rings. The van der Waals surface area contributed by atoms with E-state index >= 15 is 0 Å². The number of rotatable bonds is 0. The molecule has 2 atom stereocenters. The Morgan fingerprint density at radius 3 is 3.16 bits per heavy atom. The lowest BCUT2D eigenvalue weighted by atomic mass is 9.92. The molecule has 0 radical (unpaired) electrons. The Morgan fingerprint density at radius 1 is 1.47 bits per heavy atom. The molecule has 6 nitrogen and oxygen atoms in total. The van der Waals surface area contributed by atoms with Gasteiger partial charge in [-0.15, -0.1) is 0 Å². The number of aromatic amines is 1. The van der Waals surface area contributed by atoms with E-state index in [0.717, 1.165) is 16.7 Å². The molecule has 1 aliphatic heterocycles. The molecule has 98 valence electrons. The number of hydrogen-bond acceptors (Lipinski definition) is 4. The molecule has 2 aromatic rings. The van der Waals surface area contributed by atoms with Crippen molar-refractivity contribution in [2.24, 2.45) is 0 Å². The molecule has 4 N–H and O–H groups in total. The third-order valence-corrected chi connectivity index (χ3v) is 4.12. The van der Waals surface area contributed by atoms with E-state index in [0.29, 0.717) is 24.9 Å². The van der Waals surface area contributed by atoms with E-state index in [2.05, 4.69) is 20.6 Å². The van der Waals surface area contributed by atoms with E-state index in [1.165, 1.54) is 0 Å². The average molecular weight is 258 g/mol. The maximum atomic E-state index is 12.3. The van der Waals surface area contributed by atoms with Gasteiger partial charge in [-0.1, -0.05) is 0 Å². The van der Waals surface area contributed by atoms with Crippen LogP contribution in [0.25, 0.3) is 11.0 Å². The maximum absolute atomic E-state index is 12.3. The van der Waals surface area contributed by atoms with Gasteiger partial charge in [0.2, 0.25) is 5.91 Å². The molecule has 1 amide bonds. The maximum Gasteiger partial charge on any atom is 0.250 e. The number of amides is 1. The van der Waals surface area contributed by atoms with E-state index in [4.69, 9.17) is 0 Å². The molecule has 1 spiro atoms. The highest BCUT2D eigenvalue weighted by Gasteiger charge is 2.47. The van der Waals surface area contributed by atoms with Crippen LogP contribution in [0.2, 0.25) is 0 Å². The van der Waals surface area contributed by atoms with Crippen molar-refractivity contribution in [3.63, 3.8) is 0 Å². The van der Waals surface area contributed by atoms with Crippen molar-refractivity contribution in [2.45, 2.75) is 30.9 Å². The number of pyridine rings is 1. The first-order valence-corrected chi connectivity index (χ1v) is 6.42. The molecule has 0 aromatic carbocycles. The van der Waals surface area contributed by atoms with Crippen LogP contribution in [0.15, 0.2) is 18.5 Å². The number of fused-ring (bicyclic) bond motifs is 3. The van der Waals surface area contributed by atoms with Crippen LogP contribution in [-0.2, 0) is 4.79 Å². The van der Waals surface area contributed by atoms with Gasteiger partial charge >= 0.3 is 0 Å². The van der Waals surface area contributed by atoms with Gasteiger partial charge in [0.25, 0.3) is 0 Å². The summed E-state index contributed by atoms with van der Waals surface area (Å²) in [6.45, 7) is 0. The first-order chi connectivity index (χ1) is 9.18. The summed E-state index contributed by atoms with van der Waals surface area (Å²) in [5.41, 5.74) is 1.69. The van der Waals surface area contributed by atoms with Gasteiger partial charge in [0.05, 0.1) is 23.7 Å². The third kappa shape index (κ3) is 1.40. The molecule has 19 heavy (non-hydrogen) atoms. The Bertz CT molecular complexity index is 680. The van der Waals surface area contributed by atoms with E-state index in [1.54, 1.807) is 6.20 Å². The van der Waals surface area contributed by atoms with Crippen LogP contribution < -0.4 is 10.6 Å². The highest BCUT2D eigenvalue weighted by Crippen LogP contribution is 2.42. The molecule has 3 heterocycles.